The molecule has 1 aromatic rings. The Balaban J connectivity index is 1.67. The number of likely N-dealkylation sites (tertiary alicyclic amines) is 1. The van der Waals surface area contributed by atoms with Gasteiger partial charge in [0, 0.05) is 32.3 Å². The number of thioether (sulfide) groups is 1. The standard InChI is InChI=1S/C15H21N3O2S/c1-17-10-11(9-16-17)13(19)8-12-4-3-7-18(12)14(20)15(21-2)5-6-15/h9-10,12H,3-8H2,1-2H3/t12-/m1/s1. The molecule has 6 heteroatoms. The van der Waals surface area contributed by atoms with Crippen LogP contribution in [0.4, 0.5) is 0 Å². The Labute approximate surface area is 129 Å². The van der Waals surface area contributed by atoms with Gasteiger partial charge in [0.1, 0.15) is 0 Å². The fourth-order valence-corrected chi connectivity index (χ4v) is 3.90. The number of carbonyl (C=O) groups is 2. The summed E-state index contributed by atoms with van der Waals surface area (Å²) in [6.45, 7) is 0.798. The third kappa shape index (κ3) is 2.73. The number of aryl methyl sites for hydroxylation is 1. The van der Waals surface area contributed by atoms with Crippen LogP contribution in [0, 0.1) is 0 Å². The number of ketones is 1. The van der Waals surface area contributed by atoms with Crippen molar-refractivity contribution >= 4 is 23.5 Å². The molecule has 21 heavy (non-hydrogen) atoms. The second kappa shape index (κ2) is 5.48. The second-order valence-corrected chi connectivity index (χ2v) is 7.21. The smallest absolute Gasteiger partial charge is 0.239 e. The largest absolute Gasteiger partial charge is 0.338 e. The van der Waals surface area contributed by atoms with Gasteiger partial charge in [0.25, 0.3) is 0 Å². The lowest BCUT2D eigenvalue weighted by Gasteiger charge is -2.27. The molecule has 1 saturated heterocycles. The highest BCUT2D eigenvalue weighted by atomic mass is 32.2. The van der Waals surface area contributed by atoms with E-state index in [1.165, 1.54) is 0 Å². The van der Waals surface area contributed by atoms with Gasteiger partial charge >= 0.3 is 0 Å². The summed E-state index contributed by atoms with van der Waals surface area (Å²) in [6, 6.07) is 0.0647. The molecule has 2 aliphatic rings. The predicted molar refractivity (Wildman–Crippen MR) is 82.4 cm³/mol. The topological polar surface area (TPSA) is 55.2 Å². The summed E-state index contributed by atoms with van der Waals surface area (Å²) in [5.41, 5.74) is 0.641. The minimum atomic E-state index is -0.181. The molecule has 0 unspecified atom stereocenters. The number of hydrogen-bond acceptors (Lipinski definition) is 4. The summed E-state index contributed by atoms with van der Waals surface area (Å²) in [6.07, 6.45) is 9.67. The molecule has 1 aliphatic carbocycles. The molecule has 1 aromatic heterocycles. The highest BCUT2D eigenvalue weighted by Gasteiger charge is 2.52. The molecule has 5 nitrogen and oxygen atoms in total. The molecule has 1 aliphatic heterocycles. The molecule has 0 radical (unpaired) electrons. The maximum atomic E-state index is 12.7. The fraction of sp³-hybridized carbons (Fsp3) is 0.667. The Morgan fingerprint density at radius 1 is 1.48 bits per heavy atom. The van der Waals surface area contributed by atoms with Crippen LogP contribution in [0.15, 0.2) is 12.4 Å². The maximum Gasteiger partial charge on any atom is 0.239 e. The van der Waals surface area contributed by atoms with Crippen molar-refractivity contribution in [1.29, 1.82) is 0 Å². The summed E-state index contributed by atoms with van der Waals surface area (Å²) in [7, 11) is 1.80. The van der Waals surface area contributed by atoms with Crippen LogP contribution in [-0.4, -0.2) is 50.0 Å². The monoisotopic (exact) mass is 307 g/mol. The van der Waals surface area contributed by atoms with Crippen LogP contribution in [0.1, 0.15) is 42.5 Å². The van der Waals surface area contributed by atoms with Gasteiger partial charge in [-0.05, 0) is 31.9 Å². The van der Waals surface area contributed by atoms with Gasteiger partial charge < -0.3 is 4.90 Å². The molecule has 2 heterocycles. The predicted octanol–water partition coefficient (Wildman–Crippen LogP) is 1.88. The molecule has 114 valence electrons. The van der Waals surface area contributed by atoms with Gasteiger partial charge in [-0.15, -0.1) is 11.8 Å². The van der Waals surface area contributed by atoms with Crippen molar-refractivity contribution in [3.05, 3.63) is 18.0 Å². The Morgan fingerprint density at radius 2 is 2.24 bits per heavy atom. The van der Waals surface area contributed by atoms with Gasteiger partial charge in [-0.2, -0.15) is 5.10 Å². The van der Waals surface area contributed by atoms with Crippen LogP contribution in [-0.2, 0) is 11.8 Å². The third-order valence-electron chi connectivity index (χ3n) is 4.57. The Morgan fingerprint density at radius 3 is 2.81 bits per heavy atom. The average molecular weight is 307 g/mol. The zero-order chi connectivity index (χ0) is 15.0. The van der Waals surface area contributed by atoms with E-state index in [-0.39, 0.29) is 22.5 Å². The second-order valence-electron chi connectivity index (χ2n) is 6.02. The van der Waals surface area contributed by atoms with E-state index in [2.05, 4.69) is 5.10 Å². The van der Waals surface area contributed by atoms with Crippen molar-refractivity contribution < 1.29 is 9.59 Å². The van der Waals surface area contributed by atoms with E-state index in [0.717, 1.165) is 32.2 Å². The summed E-state index contributed by atoms with van der Waals surface area (Å²) in [5.74, 6) is 0.332. The molecule has 2 fully saturated rings. The van der Waals surface area contributed by atoms with Crippen molar-refractivity contribution in [1.82, 2.24) is 14.7 Å². The average Bonchev–Trinajstić information content (AvgIpc) is 2.94. The molecule has 0 spiro atoms. The van der Waals surface area contributed by atoms with E-state index in [1.807, 2.05) is 11.2 Å². The molecule has 0 N–H and O–H groups in total. The first kappa shape index (κ1) is 14.6. The molecule has 1 atom stereocenters. The molecule has 1 amide bonds. The Hall–Kier alpha value is -1.30. The minimum absolute atomic E-state index is 0.0647. The van der Waals surface area contributed by atoms with Gasteiger partial charge in [0.2, 0.25) is 5.91 Å². The summed E-state index contributed by atoms with van der Waals surface area (Å²) < 4.78 is 1.46. The quantitative estimate of drug-likeness (QED) is 0.779. The Kier molecular flexibility index (Phi) is 3.82. The van der Waals surface area contributed by atoms with E-state index < -0.39 is 0 Å². The lowest BCUT2D eigenvalue weighted by atomic mass is 10.0. The van der Waals surface area contributed by atoms with Crippen molar-refractivity contribution in [3.63, 3.8) is 0 Å². The fourth-order valence-electron chi connectivity index (χ4n) is 3.09. The lowest BCUT2D eigenvalue weighted by molar-refractivity contribution is -0.132. The van der Waals surface area contributed by atoms with E-state index in [1.54, 1.807) is 35.9 Å². The number of Topliss-reactive ketones (excluding diaryl/α,β-unsaturated/α-hetero) is 1. The van der Waals surface area contributed by atoms with E-state index in [0.29, 0.717) is 12.0 Å². The van der Waals surface area contributed by atoms with Gasteiger partial charge in [0.15, 0.2) is 5.78 Å². The number of nitrogens with zero attached hydrogens (tertiary/aromatic N) is 3. The van der Waals surface area contributed by atoms with Gasteiger partial charge in [-0.25, -0.2) is 0 Å². The SMILES string of the molecule is CSC1(C(=O)N2CCC[C@@H]2CC(=O)c2cnn(C)c2)CC1. The first-order chi connectivity index (χ1) is 10.1. The van der Waals surface area contributed by atoms with Gasteiger partial charge in [-0.1, -0.05) is 0 Å². The molecule has 1 saturated carbocycles. The van der Waals surface area contributed by atoms with E-state index in [9.17, 15) is 9.59 Å². The van der Waals surface area contributed by atoms with E-state index in [4.69, 9.17) is 0 Å². The van der Waals surface area contributed by atoms with Gasteiger partial charge in [-0.3, -0.25) is 14.3 Å². The van der Waals surface area contributed by atoms with Crippen molar-refractivity contribution in [3.8, 4) is 0 Å². The number of hydrogen-bond donors (Lipinski definition) is 0. The zero-order valence-corrected chi connectivity index (χ0v) is 13.4. The summed E-state index contributed by atoms with van der Waals surface area (Å²) >= 11 is 1.66. The molecular weight excluding hydrogens is 286 g/mol. The zero-order valence-electron chi connectivity index (χ0n) is 12.5. The number of aromatic nitrogens is 2. The lowest BCUT2D eigenvalue weighted by Crippen LogP contribution is -2.42. The summed E-state index contributed by atoms with van der Waals surface area (Å²) in [4.78, 5) is 26.9. The van der Waals surface area contributed by atoms with E-state index >= 15 is 0 Å². The minimum Gasteiger partial charge on any atom is -0.338 e. The van der Waals surface area contributed by atoms with Crippen LogP contribution in [0.3, 0.4) is 0 Å². The first-order valence-corrected chi connectivity index (χ1v) is 8.66. The molecule has 0 aromatic carbocycles. The molecule has 3 rings (SSSR count). The first-order valence-electron chi connectivity index (χ1n) is 7.44. The molecule has 0 bridgehead atoms. The van der Waals surface area contributed by atoms with Crippen LogP contribution in [0.5, 0.6) is 0 Å². The van der Waals surface area contributed by atoms with Crippen LogP contribution in [0.25, 0.3) is 0 Å². The van der Waals surface area contributed by atoms with Crippen LogP contribution >= 0.6 is 11.8 Å². The normalized spacial score (nSPS) is 23.3. The Bertz CT molecular complexity index is 565. The maximum absolute atomic E-state index is 12.7. The van der Waals surface area contributed by atoms with Crippen LogP contribution in [0.2, 0.25) is 0 Å². The number of carbonyl (C=O) groups excluding carboxylic acids is 2. The highest BCUT2D eigenvalue weighted by Crippen LogP contribution is 2.49. The third-order valence-corrected chi connectivity index (χ3v) is 5.93. The van der Waals surface area contributed by atoms with Crippen molar-refractivity contribution in [2.75, 3.05) is 12.8 Å². The summed E-state index contributed by atoms with van der Waals surface area (Å²) in [5, 5.41) is 4.04. The highest BCUT2D eigenvalue weighted by molar-refractivity contribution is 8.01. The van der Waals surface area contributed by atoms with Crippen LogP contribution < -0.4 is 0 Å². The number of rotatable bonds is 5. The number of amides is 1. The molecular formula is C15H21N3O2S. The van der Waals surface area contributed by atoms with Gasteiger partial charge in [0.05, 0.1) is 16.5 Å². The van der Waals surface area contributed by atoms with Crippen molar-refractivity contribution in [2.24, 2.45) is 7.05 Å². The van der Waals surface area contributed by atoms with Crippen molar-refractivity contribution in [2.45, 2.75) is 42.9 Å².